The Balaban J connectivity index is 3.73. The molecule has 0 saturated heterocycles. The molecule has 23 heavy (non-hydrogen) atoms. The van der Waals surface area contributed by atoms with Crippen molar-refractivity contribution in [3.63, 3.8) is 0 Å². The molecule has 0 spiro atoms. The Kier molecular flexibility index (Phi) is 6.01. The summed E-state index contributed by atoms with van der Waals surface area (Å²) in [7, 11) is 0. The highest BCUT2D eigenvalue weighted by atomic mass is 16.6. The van der Waals surface area contributed by atoms with Gasteiger partial charge in [0.1, 0.15) is 5.75 Å². The molecular weight excluding hydrogens is 304 g/mol. The van der Waals surface area contributed by atoms with E-state index in [9.17, 15) is 19.2 Å². The van der Waals surface area contributed by atoms with Crippen molar-refractivity contribution in [2.45, 2.75) is 40.5 Å². The van der Waals surface area contributed by atoms with Crippen LogP contribution in [-0.2, 0) is 14.4 Å². The first kappa shape index (κ1) is 18.3. The van der Waals surface area contributed by atoms with Crippen molar-refractivity contribution in [1.29, 1.82) is 0 Å². The second-order valence-corrected chi connectivity index (χ2v) is 5.10. The molecule has 1 rings (SSSR count). The molecule has 1 aromatic carbocycles. The van der Waals surface area contributed by atoms with Gasteiger partial charge in [-0.3, -0.25) is 19.2 Å². The second kappa shape index (κ2) is 7.53. The molecule has 7 heteroatoms. The molecule has 0 bridgehead atoms. The van der Waals surface area contributed by atoms with Gasteiger partial charge >= 0.3 is 17.9 Å². The number of hydrogen-bond acceptors (Lipinski definition) is 7. The fraction of sp³-hybridized carbons (Fsp3) is 0.375. The van der Waals surface area contributed by atoms with Gasteiger partial charge in [-0.15, -0.1) is 0 Å². The molecule has 0 N–H and O–H groups in total. The Morgan fingerprint density at radius 2 is 1.17 bits per heavy atom. The molecule has 0 heterocycles. The standard InChI is InChI=1S/C16H18O7/c1-8(2)12-6-14(22-10(4)18)16(20)15(23-11(5)19)7-13(12)21-9(3)17/h6-8H,1-5H3. The molecule has 0 radical (unpaired) electrons. The van der Waals surface area contributed by atoms with Crippen LogP contribution in [0.2, 0.25) is 0 Å². The monoisotopic (exact) mass is 322 g/mol. The topological polar surface area (TPSA) is 96.0 Å². The lowest BCUT2D eigenvalue weighted by atomic mass is 10.0. The maximum atomic E-state index is 12.4. The van der Waals surface area contributed by atoms with Gasteiger partial charge in [0.15, 0.2) is 11.5 Å². The van der Waals surface area contributed by atoms with Gasteiger partial charge in [-0.2, -0.15) is 0 Å². The molecule has 0 aromatic heterocycles. The van der Waals surface area contributed by atoms with E-state index in [1.54, 1.807) is 13.8 Å². The van der Waals surface area contributed by atoms with E-state index in [-0.39, 0.29) is 17.4 Å². The SMILES string of the molecule is CC(=O)Oc1cc(OC(C)=O)c(=O)c(OC(C)=O)cc1C(C)C. The van der Waals surface area contributed by atoms with Crippen LogP contribution in [0.5, 0.6) is 17.2 Å². The van der Waals surface area contributed by atoms with Crippen molar-refractivity contribution >= 4 is 17.9 Å². The third kappa shape index (κ3) is 5.21. The van der Waals surface area contributed by atoms with Crippen LogP contribution in [0.25, 0.3) is 0 Å². The van der Waals surface area contributed by atoms with Gasteiger partial charge in [-0.05, 0) is 12.0 Å². The smallest absolute Gasteiger partial charge is 0.308 e. The highest BCUT2D eigenvalue weighted by Gasteiger charge is 2.18. The Morgan fingerprint density at radius 1 is 0.783 bits per heavy atom. The number of hydrogen-bond donors (Lipinski definition) is 0. The first-order valence-electron chi connectivity index (χ1n) is 6.89. The van der Waals surface area contributed by atoms with Crippen LogP contribution in [-0.4, -0.2) is 17.9 Å². The predicted molar refractivity (Wildman–Crippen MR) is 80.7 cm³/mol. The van der Waals surface area contributed by atoms with E-state index in [1.807, 2.05) is 0 Å². The summed E-state index contributed by atoms with van der Waals surface area (Å²) in [6.07, 6.45) is 0. The van der Waals surface area contributed by atoms with Crippen molar-refractivity contribution < 1.29 is 28.6 Å². The molecule has 0 fully saturated rings. The minimum Gasteiger partial charge on any atom is -0.426 e. The normalized spacial score (nSPS) is 10.2. The van der Waals surface area contributed by atoms with E-state index < -0.39 is 29.1 Å². The highest BCUT2D eigenvalue weighted by molar-refractivity contribution is 5.73. The number of carbonyl (C=O) groups excluding carboxylic acids is 3. The first-order valence-corrected chi connectivity index (χ1v) is 6.89. The second-order valence-electron chi connectivity index (χ2n) is 5.10. The zero-order valence-electron chi connectivity index (χ0n) is 13.6. The van der Waals surface area contributed by atoms with Gasteiger partial charge in [-0.1, -0.05) is 13.8 Å². The van der Waals surface area contributed by atoms with E-state index in [1.165, 1.54) is 13.0 Å². The molecule has 0 aliphatic rings. The van der Waals surface area contributed by atoms with E-state index in [0.717, 1.165) is 19.9 Å². The summed E-state index contributed by atoms with van der Waals surface area (Å²) in [5.41, 5.74) is -0.345. The summed E-state index contributed by atoms with van der Waals surface area (Å²) in [5, 5.41) is 0. The van der Waals surface area contributed by atoms with Crippen LogP contribution in [0.4, 0.5) is 0 Å². The van der Waals surface area contributed by atoms with Crippen LogP contribution in [0.15, 0.2) is 16.9 Å². The zero-order valence-corrected chi connectivity index (χ0v) is 13.6. The summed E-state index contributed by atoms with van der Waals surface area (Å²) < 4.78 is 14.8. The van der Waals surface area contributed by atoms with Crippen LogP contribution in [0.1, 0.15) is 46.1 Å². The maximum absolute atomic E-state index is 12.4. The van der Waals surface area contributed by atoms with Crippen molar-refractivity contribution in [2.24, 2.45) is 0 Å². The van der Waals surface area contributed by atoms with Crippen molar-refractivity contribution in [2.75, 3.05) is 0 Å². The number of esters is 3. The van der Waals surface area contributed by atoms with E-state index >= 15 is 0 Å². The van der Waals surface area contributed by atoms with Gasteiger partial charge < -0.3 is 14.2 Å². The zero-order chi connectivity index (χ0) is 17.7. The molecule has 0 aliphatic heterocycles. The summed E-state index contributed by atoms with van der Waals surface area (Å²) in [5.74, 6) is -2.84. The fourth-order valence-corrected chi connectivity index (χ4v) is 1.82. The number of ether oxygens (including phenoxy) is 3. The maximum Gasteiger partial charge on any atom is 0.308 e. The Bertz CT molecular complexity index is 704. The molecule has 0 atom stereocenters. The number of carbonyl (C=O) groups is 3. The minimum atomic E-state index is -0.796. The molecular formula is C16H18O7. The van der Waals surface area contributed by atoms with Crippen LogP contribution in [0, 0.1) is 0 Å². The first-order chi connectivity index (χ1) is 10.6. The van der Waals surface area contributed by atoms with Crippen LogP contribution >= 0.6 is 0 Å². The van der Waals surface area contributed by atoms with Crippen molar-refractivity contribution in [1.82, 2.24) is 0 Å². The third-order valence-corrected chi connectivity index (χ3v) is 2.66. The average molecular weight is 322 g/mol. The van der Waals surface area contributed by atoms with Gasteiger partial charge in [0.2, 0.25) is 0 Å². The van der Waals surface area contributed by atoms with Gasteiger partial charge in [0.25, 0.3) is 5.43 Å². The van der Waals surface area contributed by atoms with E-state index in [4.69, 9.17) is 14.2 Å². The Labute approximate surface area is 133 Å². The van der Waals surface area contributed by atoms with E-state index in [2.05, 4.69) is 0 Å². The molecule has 1 aromatic rings. The Hall–Kier alpha value is -2.70. The molecule has 0 unspecified atom stereocenters. The summed E-state index contributed by atoms with van der Waals surface area (Å²) >= 11 is 0. The molecule has 124 valence electrons. The molecule has 0 amide bonds. The number of rotatable bonds is 4. The third-order valence-electron chi connectivity index (χ3n) is 2.66. The predicted octanol–water partition coefficient (Wildman–Crippen LogP) is 1.95. The minimum absolute atomic E-state index is 0.0549. The van der Waals surface area contributed by atoms with Gasteiger partial charge in [0, 0.05) is 32.4 Å². The molecule has 0 saturated carbocycles. The lowest BCUT2D eigenvalue weighted by molar-refractivity contribution is -0.133. The fourth-order valence-electron chi connectivity index (χ4n) is 1.82. The van der Waals surface area contributed by atoms with Crippen molar-refractivity contribution in [3.05, 3.63) is 27.9 Å². The molecule has 0 aliphatic carbocycles. The lowest BCUT2D eigenvalue weighted by Gasteiger charge is -2.09. The average Bonchev–Trinajstić information content (AvgIpc) is 2.49. The quantitative estimate of drug-likeness (QED) is 0.782. The lowest BCUT2D eigenvalue weighted by Crippen LogP contribution is -2.14. The highest BCUT2D eigenvalue weighted by Crippen LogP contribution is 2.30. The summed E-state index contributed by atoms with van der Waals surface area (Å²) in [6, 6.07) is 2.45. The Morgan fingerprint density at radius 3 is 1.57 bits per heavy atom. The van der Waals surface area contributed by atoms with E-state index in [0.29, 0.717) is 5.56 Å². The van der Waals surface area contributed by atoms with Crippen LogP contribution < -0.4 is 19.6 Å². The largest absolute Gasteiger partial charge is 0.426 e. The molecule has 7 nitrogen and oxygen atoms in total. The van der Waals surface area contributed by atoms with Gasteiger partial charge in [-0.25, -0.2) is 0 Å². The van der Waals surface area contributed by atoms with Crippen LogP contribution in [0.3, 0.4) is 0 Å². The summed E-state index contributed by atoms with van der Waals surface area (Å²) in [6.45, 7) is 7.06. The van der Waals surface area contributed by atoms with Gasteiger partial charge in [0.05, 0.1) is 0 Å². The van der Waals surface area contributed by atoms with Crippen molar-refractivity contribution in [3.8, 4) is 17.2 Å². The summed E-state index contributed by atoms with van der Waals surface area (Å²) in [4.78, 5) is 46.0.